The molecule has 0 radical (unpaired) electrons. The largest absolute Gasteiger partial charge is 0.322 e. The molecule has 0 bridgehead atoms. The van der Waals surface area contributed by atoms with E-state index in [0.717, 1.165) is 6.07 Å². The highest BCUT2D eigenvalue weighted by Crippen LogP contribution is 2.19. The van der Waals surface area contributed by atoms with Crippen LogP contribution in [-0.4, -0.2) is 5.91 Å². The van der Waals surface area contributed by atoms with E-state index in [1.807, 2.05) is 0 Å². The maximum atomic E-state index is 13.5. The number of amides is 1. The zero-order valence-electron chi connectivity index (χ0n) is 9.79. The summed E-state index contributed by atoms with van der Waals surface area (Å²) in [6.45, 7) is 0. The van der Waals surface area contributed by atoms with Crippen molar-refractivity contribution < 1.29 is 13.6 Å². The topological polar surface area (TPSA) is 29.1 Å². The fraction of sp³-hybridized carbons (Fsp3) is 0.0714. The quantitative estimate of drug-likeness (QED) is 0.848. The molecule has 0 atom stereocenters. The van der Waals surface area contributed by atoms with E-state index in [1.54, 1.807) is 24.3 Å². The Labute approximate surface area is 114 Å². The number of alkyl halides is 1. The lowest BCUT2D eigenvalue weighted by molar-refractivity contribution is 0.102. The predicted octanol–water partition coefficient (Wildman–Crippen LogP) is 3.96. The Hall–Kier alpha value is -1.94. The number of hydrogen-bond acceptors (Lipinski definition) is 1. The zero-order chi connectivity index (χ0) is 13.8. The maximum absolute atomic E-state index is 13.5. The fourth-order valence-electron chi connectivity index (χ4n) is 1.63. The van der Waals surface area contributed by atoms with E-state index in [-0.39, 0.29) is 11.4 Å². The van der Waals surface area contributed by atoms with Crippen molar-refractivity contribution in [1.29, 1.82) is 0 Å². The van der Waals surface area contributed by atoms with Crippen molar-refractivity contribution in [2.75, 3.05) is 5.32 Å². The Balaban J connectivity index is 2.28. The first-order valence-electron chi connectivity index (χ1n) is 5.52. The van der Waals surface area contributed by atoms with Crippen molar-refractivity contribution in [2.24, 2.45) is 0 Å². The number of carbonyl (C=O) groups excluding carboxylic acids is 1. The standard InChI is InChI=1S/C14H10ClF2NO/c15-8-9-4-1-2-7-12(9)18-14(19)10-5-3-6-11(16)13(10)17/h1-7H,8H2,(H,18,19). The normalized spacial score (nSPS) is 10.3. The highest BCUT2D eigenvalue weighted by atomic mass is 35.5. The van der Waals surface area contributed by atoms with Gasteiger partial charge in [0.05, 0.1) is 5.56 Å². The number of anilines is 1. The molecular weight excluding hydrogens is 272 g/mol. The van der Waals surface area contributed by atoms with Crippen LogP contribution >= 0.6 is 11.6 Å². The Morgan fingerprint density at radius 2 is 1.84 bits per heavy atom. The summed E-state index contributed by atoms with van der Waals surface area (Å²) < 4.78 is 26.5. The van der Waals surface area contributed by atoms with Gasteiger partial charge in [0, 0.05) is 11.6 Å². The predicted molar refractivity (Wildman–Crippen MR) is 70.3 cm³/mol. The number of benzene rings is 2. The van der Waals surface area contributed by atoms with Gasteiger partial charge in [-0.1, -0.05) is 24.3 Å². The molecule has 0 fully saturated rings. The highest BCUT2D eigenvalue weighted by molar-refractivity contribution is 6.17. The summed E-state index contributed by atoms with van der Waals surface area (Å²) in [6.07, 6.45) is 0. The molecule has 0 saturated heterocycles. The lowest BCUT2D eigenvalue weighted by Gasteiger charge is -2.09. The third-order valence-electron chi connectivity index (χ3n) is 2.61. The van der Waals surface area contributed by atoms with E-state index in [4.69, 9.17) is 11.6 Å². The molecule has 0 heterocycles. The second kappa shape index (κ2) is 5.80. The van der Waals surface area contributed by atoms with Gasteiger partial charge in [0.25, 0.3) is 5.91 Å². The van der Waals surface area contributed by atoms with Crippen LogP contribution in [0.2, 0.25) is 0 Å². The van der Waals surface area contributed by atoms with Crippen molar-refractivity contribution >= 4 is 23.2 Å². The van der Waals surface area contributed by atoms with E-state index in [1.165, 1.54) is 12.1 Å². The monoisotopic (exact) mass is 281 g/mol. The molecule has 0 spiro atoms. The maximum Gasteiger partial charge on any atom is 0.258 e. The van der Waals surface area contributed by atoms with Crippen molar-refractivity contribution in [1.82, 2.24) is 0 Å². The number of carbonyl (C=O) groups is 1. The van der Waals surface area contributed by atoms with Crippen LogP contribution in [0.3, 0.4) is 0 Å². The first-order valence-corrected chi connectivity index (χ1v) is 6.06. The van der Waals surface area contributed by atoms with E-state index in [2.05, 4.69) is 5.32 Å². The van der Waals surface area contributed by atoms with Gasteiger partial charge < -0.3 is 5.32 Å². The van der Waals surface area contributed by atoms with Gasteiger partial charge in [0.15, 0.2) is 11.6 Å². The van der Waals surface area contributed by atoms with Crippen LogP contribution in [0.15, 0.2) is 42.5 Å². The van der Waals surface area contributed by atoms with Gasteiger partial charge >= 0.3 is 0 Å². The Morgan fingerprint density at radius 3 is 2.58 bits per heavy atom. The Kier molecular flexibility index (Phi) is 4.12. The molecule has 98 valence electrons. The van der Waals surface area contributed by atoms with Crippen LogP contribution in [0.25, 0.3) is 0 Å². The number of halogens is 3. The van der Waals surface area contributed by atoms with Crippen LogP contribution in [0.1, 0.15) is 15.9 Å². The summed E-state index contributed by atoms with van der Waals surface area (Å²) in [5, 5.41) is 2.52. The Bertz CT molecular complexity index is 616. The fourth-order valence-corrected chi connectivity index (χ4v) is 1.86. The second-order valence-corrected chi connectivity index (χ2v) is 4.11. The molecule has 19 heavy (non-hydrogen) atoms. The van der Waals surface area contributed by atoms with Crippen LogP contribution in [0, 0.1) is 11.6 Å². The minimum absolute atomic E-state index is 0.210. The van der Waals surface area contributed by atoms with Gasteiger partial charge in [-0.15, -0.1) is 11.6 Å². The molecule has 2 rings (SSSR count). The number of para-hydroxylation sites is 1. The molecule has 0 aliphatic carbocycles. The van der Waals surface area contributed by atoms with Crippen molar-refractivity contribution in [3.8, 4) is 0 Å². The number of hydrogen-bond donors (Lipinski definition) is 1. The first kappa shape index (κ1) is 13.5. The van der Waals surface area contributed by atoms with Gasteiger partial charge in [0.1, 0.15) is 0 Å². The smallest absolute Gasteiger partial charge is 0.258 e. The Morgan fingerprint density at radius 1 is 1.11 bits per heavy atom. The van der Waals surface area contributed by atoms with Gasteiger partial charge in [-0.2, -0.15) is 0 Å². The average Bonchev–Trinajstić information content (AvgIpc) is 2.42. The minimum Gasteiger partial charge on any atom is -0.322 e. The third kappa shape index (κ3) is 2.90. The molecule has 2 aromatic rings. The SMILES string of the molecule is O=C(Nc1ccccc1CCl)c1cccc(F)c1F. The van der Waals surface area contributed by atoms with Gasteiger partial charge in [-0.05, 0) is 23.8 Å². The second-order valence-electron chi connectivity index (χ2n) is 3.85. The van der Waals surface area contributed by atoms with E-state index >= 15 is 0 Å². The van der Waals surface area contributed by atoms with E-state index in [9.17, 15) is 13.6 Å². The van der Waals surface area contributed by atoms with Crippen molar-refractivity contribution in [2.45, 2.75) is 5.88 Å². The van der Waals surface area contributed by atoms with Gasteiger partial charge in [-0.3, -0.25) is 4.79 Å². The van der Waals surface area contributed by atoms with Crippen molar-refractivity contribution in [3.05, 3.63) is 65.2 Å². The molecule has 5 heteroatoms. The van der Waals surface area contributed by atoms with Gasteiger partial charge in [-0.25, -0.2) is 8.78 Å². The molecule has 2 nitrogen and oxygen atoms in total. The molecule has 0 saturated carbocycles. The molecule has 0 aliphatic heterocycles. The molecular formula is C14H10ClF2NO. The molecule has 1 N–H and O–H groups in total. The van der Waals surface area contributed by atoms with E-state index < -0.39 is 17.5 Å². The van der Waals surface area contributed by atoms with Crippen molar-refractivity contribution in [3.63, 3.8) is 0 Å². The lowest BCUT2D eigenvalue weighted by atomic mass is 10.1. The number of nitrogens with one attached hydrogen (secondary N) is 1. The summed E-state index contributed by atoms with van der Waals surface area (Å²) in [4.78, 5) is 11.9. The van der Waals surface area contributed by atoms with Crippen LogP contribution in [0.5, 0.6) is 0 Å². The molecule has 0 unspecified atom stereocenters. The van der Waals surface area contributed by atoms with E-state index in [0.29, 0.717) is 11.3 Å². The number of rotatable bonds is 3. The summed E-state index contributed by atoms with van der Waals surface area (Å²) >= 11 is 5.73. The van der Waals surface area contributed by atoms with Crippen LogP contribution in [0.4, 0.5) is 14.5 Å². The summed E-state index contributed by atoms with van der Waals surface area (Å²) in [5.74, 6) is -2.72. The third-order valence-corrected chi connectivity index (χ3v) is 2.89. The highest BCUT2D eigenvalue weighted by Gasteiger charge is 2.15. The molecule has 0 aliphatic rings. The molecule has 2 aromatic carbocycles. The average molecular weight is 282 g/mol. The summed E-state index contributed by atoms with van der Waals surface area (Å²) in [6, 6.07) is 10.3. The zero-order valence-corrected chi connectivity index (χ0v) is 10.5. The van der Waals surface area contributed by atoms with Gasteiger partial charge in [0.2, 0.25) is 0 Å². The summed E-state index contributed by atoms with van der Waals surface area (Å²) in [5.41, 5.74) is 0.838. The summed E-state index contributed by atoms with van der Waals surface area (Å²) in [7, 11) is 0. The minimum atomic E-state index is -1.16. The lowest BCUT2D eigenvalue weighted by Crippen LogP contribution is -2.15. The molecule has 1 amide bonds. The van der Waals surface area contributed by atoms with Crippen LogP contribution in [-0.2, 0) is 5.88 Å². The van der Waals surface area contributed by atoms with Crippen LogP contribution < -0.4 is 5.32 Å². The molecule has 0 aromatic heterocycles. The first-order chi connectivity index (χ1) is 9.13.